The number of aromatic nitrogens is 2. The maximum absolute atomic E-state index is 11.4. The molecule has 0 bridgehead atoms. The van der Waals surface area contributed by atoms with Crippen molar-refractivity contribution in [2.75, 3.05) is 6.54 Å². The quantitative estimate of drug-likeness (QED) is 0.699. The van der Waals surface area contributed by atoms with E-state index in [4.69, 9.17) is 10.2 Å². The van der Waals surface area contributed by atoms with Crippen LogP contribution in [0.25, 0.3) is 0 Å². The van der Waals surface area contributed by atoms with Crippen molar-refractivity contribution >= 4 is 17.7 Å². The molecule has 1 rings (SSSR count). The van der Waals surface area contributed by atoms with Crippen molar-refractivity contribution < 1.29 is 9.21 Å². The molecule has 0 fully saturated rings. The molecule has 1 amide bonds. The largest absolute Gasteiger partial charge is 0.415 e. The van der Waals surface area contributed by atoms with Crippen molar-refractivity contribution in [1.29, 1.82) is 0 Å². The Bertz CT molecular complexity index is 328. The first-order valence-electron chi connectivity index (χ1n) is 4.64. The Hall–Kier alpha value is -1.08. The molecule has 1 aromatic heterocycles. The first-order valence-corrected chi connectivity index (χ1v) is 5.52. The van der Waals surface area contributed by atoms with Crippen LogP contribution in [0, 0.1) is 0 Å². The van der Waals surface area contributed by atoms with Gasteiger partial charge in [-0.1, -0.05) is 11.8 Å². The minimum Gasteiger partial charge on any atom is -0.415 e. The van der Waals surface area contributed by atoms with E-state index < -0.39 is 0 Å². The summed E-state index contributed by atoms with van der Waals surface area (Å²) in [7, 11) is 0. The van der Waals surface area contributed by atoms with Gasteiger partial charge in [0, 0.05) is 6.54 Å². The first kappa shape index (κ1) is 12.0. The standard InChI is InChI=1S/C8H14N4O2S/c1-3-10-7(13)5(2)15-8-12-11-6(4-9)14-8/h5H,3-4,9H2,1-2H3,(H,10,13). The van der Waals surface area contributed by atoms with E-state index in [-0.39, 0.29) is 17.7 Å². The van der Waals surface area contributed by atoms with Gasteiger partial charge in [0.1, 0.15) is 0 Å². The number of nitrogens with two attached hydrogens (primary N) is 1. The molecule has 0 spiro atoms. The zero-order valence-corrected chi connectivity index (χ0v) is 9.50. The maximum Gasteiger partial charge on any atom is 0.277 e. The van der Waals surface area contributed by atoms with Gasteiger partial charge in [-0.25, -0.2) is 0 Å². The Morgan fingerprint density at radius 1 is 1.67 bits per heavy atom. The number of thioether (sulfide) groups is 1. The highest BCUT2D eigenvalue weighted by Crippen LogP contribution is 2.21. The van der Waals surface area contributed by atoms with Gasteiger partial charge in [-0.15, -0.1) is 10.2 Å². The lowest BCUT2D eigenvalue weighted by atomic mass is 10.4. The topological polar surface area (TPSA) is 94.0 Å². The van der Waals surface area contributed by atoms with E-state index in [9.17, 15) is 4.79 Å². The van der Waals surface area contributed by atoms with Crippen LogP contribution in [-0.2, 0) is 11.3 Å². The van der Waals surface area contributed by atoms with Gasteiger partial charge in [0.05, 0.1) is 11.8 Å². The van der Waals surface area contributed by atoms with Crippen LogP contribution in [0.3, 0.4) is 0 Å². The van der Waals surface area contributed by atoms with Crippen LogP contribution in [0.15, 0.2) is 9.64 Å². The molecule has 7 heteroatoms. The number of hydrogen-bond donors (Lipinski definition) is 2. The molecule has 0 aliphatic carbocycles. The predicted molar refractivity (Wildman–Crippen MR) is 56.2 cm³/mol. The number of hydrogen-bond acceptors (Lipinski definition) is 6. The van der Waals surface area contributed by atoms with Crippen molar-refractivity contribution in [3.63, 3.8) is 0 Å². The lowest BCUT2D eigenvalue weighted by Crippen LogP contribution is -2.30. The third kappa shape index (κ3) is 3.52. The summed E-state index contributed by atoms with van der Waals surface area (Å²) in [5.74, 6) is 0.329. The maximum atomic E-state index is 11.4. The monoisotopic (exact) mass is 230 g/mol. The SMILES string of the molecule is CCNC(=O)C(C)Sc1nnc(CN)o1. The van der Waals surface area contributed by atoms with Gasteiger partial charge in [-0.05, 0) is 13.8 Å². The molecule has 0 saturated heterocycles. The number of amides is 1. The molecule has 1 unspecified atom stereocenters. The van der Waals surface area contributed by atoms with Gasteiger partial charge < -0.3 is 15.5 Å². The predicted octanol–water partition coefficient (Wildman–Crippen LogP) is 0.145. The Labute approximate surface area is 92.0 Å². The average molecular weight is 230 g/mol. The Balaban J connectivity index is 2.50. The van der Waals surface area contributed by atoms with Gasteiger partial charge >= 0.3 is 0 Å². The average Bonchev–Trinajstić information content (AvgIpc) is 2.66. The van der Waals surface area contributed by atoms with Crippen LogP contribution >= 0.6 is 11.8 Å². The highest BCUT2D eigenvalue weighted by atomic mass is 32.2. The Morgan fingerprint density at radius 2 is 2.40 bits per heavy atom. The normalized spacial score (nSPS) is 12.5. The smallest absolute Gasteiger partial charge is 0.277 e. The molecule has 15 heavy (non-hydrogen) atoms. The molecule has 1 heterocycles. The van der Waals surface area contributed by atoms with E-state index in [2.05, 4.69) is 15.5 Å². The van der Waals surface area contributed by atoms with E-state index in [1.165, 1.54) is 11.8 Å². The summed E-state index contributed by atoms with van der Waals surface area (Å²) in [4.78, 5) is 11.4. The molecule has 84 valence electrons. The number of nitrogens with zero attached hydrogens (tertiary/aromatic N) is 2. The Kier molecular flexibility index (Phi) is 4.57. The van der Waals surface area contributed by atoms with Crippen molar-refractivity contribution in [3.05, 3.63) is 5.89 Å². The highest BCUT2D eigenvalue weighted by Gasteiger charge is 2.16. The van der Waals surface area contributed by atoms with E-state index >= 15 is 0 Å². The molecular weight excluding hydrogens is 216 g/mol. The number of carbonyl (C=O) groups excluding carboxylic acids is 1. The van der Waals surface area contributed by atoms with Crippen molar-refractivity contribution in [2.24, 2.45) is 5.73 Å². The van der Waals surface area contributed by atoms with Crippen LogP contribution < -0.4 is 11.1 Å². The van der Waals surface area contributed by atoms with Crippen LogP contribution in [-0.4, -0.2) is 27.9 Å². The molecule has 6 nitrogen and oxygen atoms in total. The fraction of sp³-hybridized carbons (Fsp3) is 0.625. The lowest BCUT2D eigenvalue weighted by molar-refractivity contribution is -0.120. The summed E-state index contributed by atoms with van der Waals surface area (Å²) in [6, 6.07) is 0. The molecule has 0 aliphatic heterocycles. The number of carbonyl (C=O) groups is 1. The van der Waals surface area contributed by atoms with E-state index in [0.717, 1.165) is 0 Å². The minimum atomic E-state index is -0.254. The van der Waals surface area contributed by atoms with E-state index in [1.54, 1.807) is 6.92 Å². The molecule has 0 saturated carbocycles. The second-order valence-electron chi connectivity index (χ2n) is 2.82. The van der Waals surface area contributed by atoms with Gasteiger partial charge in [-0.3, -0.25) is 4.79 Å². The molecule has 0 aromatic carbocycles. The summed E-state index contributed by atoms with van der Waals surface area (Å²) >= 11 is 1.22. The van der Waals surface area contributed by atoms with Crippen LogP contribution in [0.1, 0.15) is 19.7 Å². The summed E-state index contributed by atoms with van der Waals surface area (Å²) in [6.45, 7) is 4.47. The molecule has 0 aliphatic rings. The van der Waals surface area contributed by atoms with Crippen molar-refractivity contribution in [3.8, 4) is 0 Å². The zero-order valence-electron chi connectivity index (χ0n) is 8.69. The second kappa shape index (κ2) is 5.72. The van der Waals surface area contributed by atoms with Crippen LogP contribution in [0.2, 0.25) is 0 Å². The summed E-state index contributed by atoms with van der Waals surface area (Å²) in [6.07, 6.45) is 0. The molecule has 1 aromatic rings. The van der Waals surface area contributed by atoms with Gasteiger partial charge in [0.15, 0.2) is 0 Å². The van der Waals surface area contributed by atoms with Gasteiger partial charge in [-0.2, -0.15) is 0 Å². The summed E-state index contributed by atoms with van der Waals surface area (Å²) < 4.78 is 5.17. The summed E-state index contributed by atoms with van der Waals surface area (Å²) in [5, 5.41) is 10.3. The highest BCUT2D eigenvalue weighted by molar-refractivity contribution is 8.00. The molecular formula is C8H14N4O2S. The van der Waals surface area contributed by atoms with E-state index in [0.29, 0.717) is 17.7 Å². The number of rotatable bonds is 5. The summed E-state index contributed by atoms with van der Waals surface area (Å²) in [5.41, 5.74) is 5.32. The molecule has 0 radical (unpaired) electrons. The van der Waals surface area contributed by atoms with Gasteiger partial charge in [0.2, 0.25) is 11.8 Å². The van der Waals surface area contributed by atoms with E-state index in [1.807, 2.05) is 6.92 Å². The molecule has 1 atom stereocenters. The third-order valence-corrected chi connectivity index (χ3v) is 2.56. The Morgan fingerprint density at radius 3 is 2.93 bits per heavy atom. The van der Waals surface area contributed by atoms with Crippen LogP contribution in [0.4, 0.5) is 0 Å². The first-order chi connectivity index (χ1) is 7.17. The second-order valence-corrected chi connectivity index (χ2v) is 4.11. The zero-order chi connectivity index (χ0) is 11.3. The fourth-order valence-corrected chi connectivity index (χ4v) is 1.62. The van der Waals surface area contributed by atoms with Gasteiger partial charge in [0.25, 0.3) is 5.22 Å². The number of nitrogens with one attached hydrogen (secondary N) is 1. The van der Waals surface area contributed by atoms with Crippen molar-refractivity contribution in [1.82, 2.24) is 15.5 Å². The minimum absolute atomic E-state index is 0.0463. The molecule has 3 N–H and O–H groups in total. The third-order valence-electron chi connectivity index (χ3n) is 1.62. The lowest BCUT2D eigenvalue weighted by Gasteiger charge is -2.07. The fourth-order valence-electron chi connectivity index (χ4n) is 0.891. The van der Waals surface area contributed by atoms with Crippen molar-refractivity contribution in [2.45, 2.75) is 30.9 Å². The van der Waals surface area contributed by atoms with Crippen LogP contribution in [0.5, 0.6) is 0 Å².